The normalized spacial score (nSPS) is 8.54. The fourth-order valence-electron chi connectivity index (χ4n) is 0.709. The number of ether oxygens (including phenoxy) is 2. The molecule has 0 saturated carbocycles. The first-order valence-electron chi connectivity index (χ1n) is 3.36. The van der Waals surface area contributed by atoms with Gasteiger partial charge in [0.1, 0.15) is 0 Å². The molecule has 0 spiro atoms. The van der Waals surface area contributed by atoms with E-state index in [0.717, 1.165) is 0 Å². The number of esters is 2. The van der Waals surface area contributed by atoms with E-state index in [9.17, 15) is 9.59 Å². The molecule has 0 bridgehead atoms. The minimum absolute atomic E-state index is 0. The minimum atomic E-state index is -0.940. The van der Waals surface area contributed by atoms with Crippen LogP contribution in [0.3, 0.4) is 0 Å². The molecule has 0 unspecified atom stereocenters. The predicted molar refractivity (Wildman–Crippen MR) is 41.0 cm³/mol. The SMILES string of the molecule is [CH-]=CCC(C(=O)OC)C(=O)OC.[Na+]. The van der Waals surface area contributed by atoms with E-state index in [1.54, 1.807) is 0 Å². The second-order valence-corrected chi connectivity index (χ2v) is 2.07. The Hall–Kier alpha value is -0.320. The first-order chi connectivity index (χ1) is 5.67. The monoisotopic (exact) mass is 194 g/mol. The molecule has 68 valence electrons. The summed E-state index contributed by atoms with van der Waals surface area (Å²) < 4.78 is 8.75. The van der Waals surface area contributed by atoms with Crippen molar-refractivity contribution < 1.29 is 48.6 Å². The van der Waals surface area contributed by atoms with E-state index in [-0.39, 0.29) is 36.0 Å². The van der Waals surface area contributed by atoms with Gasteiger partial charge in [-0.25, -0.2) is 0 Å². The van der Waals surface area contributed by atoms with Gasteiger partial charge in [-0.05, 0) is 6.42 Å². The molecule has 0 saturated heterocycles. The Bertz CT molecular complexity index is 175. The second-order valence-electron chi connectivity index (χ2n) is 2.07. The van der Waals surface area contributed by atoms with Crippen molar-refractivity contribution in [1.82, 2.24) is 0 Å². The Morgan fingerprint density at radius 2 is 1.69 bits per heavy atom. The van der Waals surface area contributed by atoms with Crippen LogP contribution in [0.4, 0.5) is 0 Å². The van der Waals surface area contributed by atoms with Crippen molar-refractivity contribution >= 4 is 11.9 Å². The van der Waals surface area contributed by atoms with Gasteiger partial charge >= 0.3 is 41.5 Å². The Morgan fingerprint density at radius 1 is 1.31 bits per heavy atom. The van der Waals surface area contributed by atoms with Crippen LogP contribution in [0.2, 0.25) is 0 Å². The molecule has 0 N–H and O–H groups in total. The van der Waals surface area contributed by atoms with E-state index in [2.05, 4.69) is 9.47 Å². The second kappa shape index (κ2) is 8.29. The Kier molecular flexibility index (Phi) is 9.67. The van der Waals surface area contributed by atoms with E-state index in [1.165, 1.54) is 20.3 Å². The first kappa shape index (κ1) is 15.2. The van der Waals surface area contributed by atoms with E-state index in [4.69, 9.17) is 6.58 Å². The van der Waals surface area contributed by atoms with Crippen LogP contribution >= 0.6 is 0 Å². The average Bonchev–Trinajstić information content (AvgIpc) is 2.11. The summed E-state index contributed by atoms with van der Waals surface area (Å²) in [6.45, 7) is 5.07. The molecule has 0 radical (unpaired) electrons. The third kappa shape index (κ3) is 5.08. The molecular weight excluding hydrogens is 183 g/mol. The fourth-order valence-corrected chi connectivity index (χ4v) is 0.709. The zero-order valence-corrected chi connectivity index (χ0v) is 10.1. The van der Waals surface area contributed by atoms with Crippen molar-refractivity contribution in [3.8, 4) is 0 Å². The van der Waals surface area contributed by atoms with Gasteiger partial charge in [-0.1, -0.05) is 0 Å². The van der Waals surface area contributed by atoms with Crippen molar-refractivity contribution in [2.45, 2.75) is 6.42 Å². The van der Waals surface area contributed by atoms with Gasteiger partial charge in [0.25, 0.3) is 0 Å². The van der Waals surface area contributed by atoms with E-state index >= 15 is 0 Å². The van der Waals surface area contributed by atoms with Crippen LogP contribution < -0.4 is 29.6 Å². The number of methoxy groups -OCH3 is 2. The quantitative estimate of drug-likeness (QED) is 0.212. The number of carbonyl (C=O) groups excluding carboxylic acids is 2. The molecule has 0 atom stereocenters. The molecule has 5 heteroatoms. The van der Waals surface area contributed by atoms with Gasteiger partial charge < -0.3 is 16.1 Å². The summed E-state index contributed by atoms with van der Waals surface area (Å²) in [6.07, 6.45) is 1.35. The third-order valence-corrected chi connectivity index (χ3v) is 1.34. The maximum atomic E-state index is 10.9. The van der Waals surface area contributed by atoms with E-state index in [0.29, 0.717) is 0 Å². The molecular formula is C8H11NaO4. The standard InChI is InChI=1S/C8H11O4.Na/c1-4-5-6(7(9)11-2)8(10)12-3;/h1,4,6H,5H2,2-3H3;/q-1;+1. The van der Waals surface area contributed by atoms with Crippen molar-refractivity contribution in [2.24, 2.45) is 5.92 Å². The topological polar surface area (TPSA) is 52.6 Å². The molecule has 13 heavy (non-hydrogen) atoms. The summed E-state index contributed by atoms with van der Waals surface area (Å²) in [5.74, 6) is -2.21. The van der Waals surface area contributed by atoms with Gasteiger partial charge in [0.2, 0.25) is 0 Å². The maximum Gasteiger partial charge on any atom is 1.00 e. The summed E-state index contributed by atoms with van der Waals surface area (Å²) in [5, 5.41) is 0. The number of hydrogen-bond donors (Lipinski definition) is 0. The Morgan fingerprint density at radius 3 is 1.92 bits per heavy atom. The van der Waals surface area contributed by atoms with Crippen LogP contribution in [-0.4, -0.2) is 26.2 Å². The van der Waals surface area contributed by atoms with Crippen LogP contribution in [0.15, 0.2) is 6.08 Å². The number of hydrogen-bond acceptors (Lipinski definition) is 4. The van der Waals surface area contributed by atoms with Crippen LogP contribution in [0.1, 0.15) is 6.42 Å². The number of allylic oxidation sites excluding steroid dienone is 1. The van der Waals surface area contributed by atoms with Gasteiger partial charge in [0.15, 0.2) is 5.92 Å². The average molecular weight is 194 g/mol. The Balaban J connectivity index is 0. The third-order valence-electron chi connectivity index (χ3n) is 1.34. The summed E-state index contributed by atoms with van der Waals surface area (Å²) in [6, 6.07) is 0. The number of rotatable bonds is 4. The number of carbonyl (C=O) groups is 2. The van der Waals surface area contributed by atoms with Gasteiger partial charge in [0, 0.05) is 0 Å². The van der Waals surface area contributed by atoms with E-state index < -0.39 is 17.9 Å². The zero-order chi connectivity index (χ0) is 9.56. The molecule has 0 aromatic rings. The summed E-state index contributed by atoms with van der Waals surface area (Å²) in [5.41, 5.74) is 0. The largest absolute Gasteiger partial charge is 1.00 e. The zero-order valence-electron chi connectivity index (χ0n) is 8.07. The summed E-state index contributed by atoms with van der Waals surface area (Å²) in [7, 11) is 2.41. The summed E-state index contributed by atoms with van der Waals surface area (Å²) in [4.78, 5) is 21.8. The first-order valence-corrected chi connectivity index (χ1v) is 3.36. The Labute approximate surface area is 99.6 Å². The molecule has 0 aromatic heterocycles. The molecule has 0 aliphatic heterocycles. The predicted octanol–water partition coefficient (Wildman–Crippen LogP) is -2.67. The van der Waals surface area contributed by atoms with Gasteiger partial charge in [-0.2, -0.15) is 0 Å². The van der Waals surface area contributed by atoms with Gasteiger partial charge in [-0.3, -0.25) is 15.7 Å². The van der Waals surface area contributed by atoms with Crippen LogP contribution in [-0.2, 0) is 19.1 Å². The molecule has 0 fully saturated rings. The molecule has 0 aliphatic rings. The van der Waals surface area contributed by atoms with Crippen LogP contribution in [0.25, 0.3) is 0 Å². The van der Waals surface area contributed by atoms with Gasteiger partial charge in [0.05, 0.1) is 14.2 Å². The summed E-state index contributed by atoms with van der Waals surface area (Å²) >= 11 is 0. The van der Waals surface area contributed by atoms with Crippen LogP contribution in [0, 0.1) is 12.5 Å². The van der Waals surface area contributed by atoms with Crippen molar-refractivity contribution in [3.05, 3.63) is 12.7 Å². The fraction of sp³-hybridized carbons (Fsp3) is 0.500. The van der Waals surface area contributed by atoms with E-state index in [1.807, 2.05) is 0 Å². The molecule has 0 aromatic carbocycles. The molecule has 0 heterocycles. The molecule has 0 rings (SSSR count). The van der Waals surface area contributed by atoms with Crippen molar-refractivity contribution in [3.63, 3.8) is 0 Å². The molecule has 4 nitrogen and oxygen atoms in total. The smallest absolute Gasteiger partial charge is 0.518 e. The van der Waals surface area contributed by atoms with Crippen molar-refractivity contribution in [1.29, 1.82) is 0 Å². The van der Waals surface area contributed by atoms with Crippen molar-refractivity contribution in [2.75, 3.05) is 14.2 Å². The van der Waals surface area contributed by atoms with Crippen LogP contribution in [0.5, 0.6) is 0 Å². The molecule has 0 amide bonds. The maximum absolute atomic E-state index is 10.9. The van der Waals surface area contributed by atoms with Gasteiger partial charge in [-0.15, -0.1) is 0 Å². The molecule has 0 aliphatic carbocycles. The minimum Gasteiger partial charge on any atom is -0.518 e.